The smallest absolute Gasteiger partial charge is 0.380 e. The molecule has 0 aromatic heterocycles. The van der Waals surface area contributed by atoms with Crippen molar-refractivity contribution in [3.63, 3.8) is 0 Å². The molecule has 1 N–H and O–H groups in total. The number of aliphatic carboxylic acids is 1. The molecule has 0 aromatic rings. The van der Waals surface area contributed by atoms with Gasteiger partial charge in [-0.15, -0.1) is 0 Å². The Kier molecular flexibility index (Phi) is 25.0. The lowest BCUT2D eigenvalue weighted by atomic mass is 10.1. The van der Waals surface area contributed by atoms with Crippen LogP contribution < -0.4 is 0 Å². The lowest BCUT2D eigenvalue weighted by Gasteiger charge is -2.27. The number of hydrogen-bond acceptors (Lipinski definition) is 6. The van der Waals surface area contributed by atoms with Gasteiger partial charge in [-0.3, -0.25) is 4.57 Å². The van der Waals surface area contributed by atoms with Gasteiger partial charge >= 0.3 is 11.5 Å². The van der Waals surface area contributed by atoms with Gasteiger partial charge in [-0.2, -0.15) is 16.6 Å². The molecule has 0 heterocycles. The number of carbonyl (C=O) groups is 1. The average Bonchev–Trinajstić information content (AvgIpc) is 2.88. The van der Waals surface area contributed by atoms with Gasteiger partial charge in [0.1, 0.15) is 6.10 Å². The predicted octanol–water partition coefficient (Wildman–Crippen LogP) is 9.55. The Morgan fingerprint density at radius 1 is 0.806 bits per heavy atom. The van der Waals surface area contributed by atoms with Crippen molar-refractivity contribution in [3.05, 3.63) is 0 Å². The summed E-state index contributed by atoms with van der Waals surface area (Å²) in [7, 11) is -0.782. The lowest BCUT2D eigenvalue weighted by Crippen LogP contribution is -2.41. The maximum absolute atomic E-state index is 11.7. The zero-order valence-corrected chi connectivity index (χ0v) is 25.4. The van der Waals surface area contributed by atoms with Crippen LogP contribution in [0.4, 0.5) is 0 Å². The molecule has 36 heavy (non-hydrogen) atoms. The first-order valence-electron chi connectivity index (χ1n) is 14.6. The van der Waals surface area contributed by atoms with Crippen molar-refractivity contribution < 1.29 is 29.0 Å². The Bertz CT molecular complexity index is 524. The highest BCUT2D eigenvalue weighted by Gasteiger charge is 2.45. The van der Waals surface area contributed by atoms with Crippen molar-refractivity contribution in [2.75, 3.05) is 12.4 Å². The molecule has 6 nitrogen and oxygen atoms in total. The molecule has 0 spiro atoms. The van der Waals surface area contributed by atoms with Crippen LogP contribution in [-0.4, -0.2) is 40.3 Å². The minimum absolute atomic E-state index is 0.119. The van der Waals surface area contributed by atoms with Crippen molar-refractivity contribution in [1.29, 1.82) is 0 Å². The van der Waals surface area contributed by atoms with E-state index in [4.69, 9.17) is 14.5 Å². The molecule has 3 unspecified atom stereocenters. The van der Waals surface area contributed by atoms with Gasteiger partial charge in [0.2, 0.25) is 8.46 Å². The Balaban J connectivity index is 4.54. The molecule has 0 rings (SSSR count). The SMILES string of the molecule is CCCCCCCCCCCCSC(CCCCCCCC)C(C)OOC(OCCC)(P=O)C(=O)O. The highest BCUT2D eigenvalue weighted by molar-refractivity contribution is 7.99. The highest BCUT2D eigenvalue weighted by Crippen LogP contribution is 2.31. The summed E-state index contributed by atoms with van der Waals surface area (Å²) in [5, 5.41) is 9.71. The molecule has 8 heteroatoms. The van der Waals surface area contributed by atoms with E-state index in [9.17, 15) is 14.5 Å². The number of ether oxygens (including phenoxy) is 1. The maximum atomic E-state index is 11.7. The number of carboxylic acid groups (broad SMARTS) is 1. The molecule has 0 amide bonds. The van der Waals surface area contributed by atoms with Gasteiger partial charge in [-0.1, -0.05) is 117 Å². The van der Waals surface area contributed by atoms with Crippen LogP contribution in [0.2, 0.25) is 0 Å². The van der Waals surface area contributed by atoms with Crippen LogP contribution >= 0.6 is 20.2 Å². The first kappa shape index (κ1) is 35.8. The number of rotatable bonds is 28. The number of unbranched alkanes of at least 4 members (excludes halogenated alkanes) is 14. The summed E-state index contributed by atoms with van der Waals surface area (Å²) < 4.78 is 16.9. The fourth-order valence-corrected chi connectivity index (χ4v) is 5.67. The standard InChI is InChI=1S/C28H55O6PS/c1-5-8-10-12-14-15-16-17-19-21-24-36-26(22-20-18-13-11-9-6-2)25(4)33-34-28(35-31,27(29)30)32-23-7-3/h25-26H,5-24H2,1-4H3,(H,29,30). The van der Waals surface area contributed by atoms with E-state index >= 15 is 0 Å². The van der Waals surface area contributed by atoms with Gasteiger partial charge in [0.25, 0.3) is 0 Å². The van der Waals surface area contributed by atoms with Crippen molar-refractivity contribution in [2.45, 2.75) is 160 Å². The molecule has 214 valence electrons. The predicted molar refractivity (Wildman–Crippen MR) is 152 cm³/mol. The zero-order chi connectivity index (χ0) is 26.9. The summed E-state index contributed by atoms with van der Waals surface area (Å²) in [4.78, 5) is 22.4. The topological polar surface area (TPSA) is 82.1 Å². The normalized spacial score (nSPS) is 15.1. The van der Waals surface area contributed by atoms with E-state index in [1.165, 1.54) is 96.3 Å². The van der Waals surface area contributed by atoms with Crippen molar-refractivity contribution in [2.24, 2.45) is 0 Å². The van der Waals surface area contributed by atoms with Crippen LogP contribution in [0.25, 0.3) is 0 Å². The van der Waals surface area contributed by atoms with Crippen LogP contribution in [0.15, 0.2) is 0 Å². The molecular formula is C28H55O6PS. The second kappa shape index (κ2) is 25.1. The fourth-order valence-electron chi connectivity index (χ4n) is 4.05. The Morgan fingerprint density at radius 2 is 1.31 bits per heavy atom. The van der Waals surface area contributed by atoms with Crippen LogP contribution in [-0.2, 0) is 23.9 Å². The molecule has 0 aliphatic carbocycles. The number of thioether (sulfide) groups is 1. The Morgan fingerprint density at radius 3 is 1.78 bits per heavy atom. The summed E-state index contributed by atoms with van der Waals surface area (Å²) in [6.07, 6.45) is 21.8. The molecule has 0 saturated heterocycles. The van der Waals surface area contributed by atoms with Crippen LogP contribution in [0.5, 0.6) is 0 Å². The zero-order valence-electron chi connectivity index (χ0n) is 23.6. The van der Waals surface area contributed by atoms with Gasteiger partial charge in [0.05, 0.1) is 6.61 Å². The van der Waals surface area contributed by atoms with E-state index in [2.05, 4.69) is 13.8 Å². The van der Waals surface area contributed by atoms with Gasteiger partial charge < -0.3 is 9.84 Å². The van der Waals surface area contributed by atoms with E-state index in [-0.39, 0.29) is 18.0 Å². The van der Waals surface area contributed by atoms with Gasteiger partial charge in [-0.25, -0.2) is 9.68 Å². The Labute approximate surface area is 227 Å². The summed E-state index contributed by atoms with van der Waals surface area (Å²) in [5.41, 5.74) is -2.31. The third kappa shape index (κ3) is 18.1. The largest absolute Gasteiger partial charge is 0.477 e. The van der Waals surface area contributed by atoms with E-state index in [1.807, 2.05) is 25.6 Å². The Hall–Kier alpha value is -0.200. The van der Waals surface area contributed by atoms with Crippen LogP contribution in [0.3, 0.4) is 0 Å². The minimum atomic E-state index is -2.31. The van der Waals surface area contributed by atoms with Crippen molar-refractivity contribution in [1.82, 2.24) is 0 Å². The fraction of sp³-hybridized carbons (Fsp3) is 0.964. The lowest BCUT2D eigenvalue weighted by molar-refractivity contribution is -0.402. The van der Waals surface area contributed by atoms with E-state index < -0.39 is 20.0 Å². The summed E-state index contributed by atoms with van der Waals surface area (Å²) >= 11 is 1.89. The van der Waals surface area contributed by atoms with Crippen molar-refractivity contribution >= 4 is 26.2 Å². The highest BCUT2D eigenvalue weighted by atomic mass is 32.2. The molecule has 0 bridgehead atoms. The average molecular weight is 551 g/mol. The van der Waals surface area contributed by atoms with E-state index in [0.29, 0.717) is 6.42 Å². The summed E-state index contributed by atoms with van der Waals surface area (Å²) in [6, 6.07) is 0. The molecular weight excluding hydrogens is 495 g/mol. The number of hydrogen-bond donors (Lipinski definition) is 1. The maximum Gasteiger partial charge on any atom is 0.380 e. The first-order chi connectivity index (χ1) is 17.5. The third-order valence-corrected chi connectivity index (χ3v) is 8.61. The first-order valence-corrected chi connectivity index (χ1v) is 16.5. The number of carboxylic acids is 1. The molecule has 3 atom stereocenters. The third-order valence-electron chi connectivity index (χ3n) is 6.40. The molecule has 0 aliphatic rings. The van der Waals surface area contributed by atoms with Gasteiger partial charge in [0, 0.05) is 5.25 Å². The quantitative estimate of drug-likeness (QED) is 0.0341. The minimum Gasteiger partial charge on any atom is -0.477 e. The van der Waals surface area contributed by atoms with E-state index in [1.54, 1.807) is 0 Å². The molecule has 0 saturated carbocycles. The summed E-state index contributed by atoms with van der Waals surface area (Å²) in [6.45, 7) is 8.35. The second-order valence-corrected chi connectivity index (χ2v) is 12.0. The molecule has 0 radical (unpaired) electrons. The van der Waals surface area contributed by atoms with Gasteiger partial charge in [-0.05, 0) is 31.9 Å². The van der Waals surface area contributed by atoms with Crippen LogP contribution in [0.1, 0.15) is 143 Å². The van der Waals surface area contributed by atoms with E-state index in [0.717, 1.165) is 18.6 Å². The molecule has 0 aromatic carbocycles. The summed E-state index contributed by atoms with van der Waals surface area (Å²) in [5.74, 6) is -0.397. The monoisotopic (exact) mass is 550 g/mol. The molecule has 0 aliphatic heterocycles. The molecule has 0 fully saturated rings. The van der Waals surface area contributed by atoms with Crippen molar-refractivity contribution in [3.8, 4) is 0 Å². The van der Waals surface area contributed by atoms with Crippen LogP contribution in [0, 0.1) is 0 Å². The second-order valence-electron chi connectivity index (χ2n) is 9.86. The van der Waals surface area contributed by atoms with Gasteiger partial charge in [0.15, 0.2) is 0 Å².